The van der Waals surface area contributed by atoms with Gasteiger partial charge in [0.25, 0.3) is 0 Å². The number of aromatic nitrogens is 4. The molecule has 172 valence electrons. The topological polar surface area (TPSA) is 114 Å². The molecule has 0 radical (unpaired) electrons. The third-order valence-electron chi connectivity index (χ3n) is 4.90. The van der Waals surface area contributed by atoms with E-state index in [4.69, 9.17) is 17.3 Å². The van der Waals surface area contributed by atoms with Crippen molar-refractivity contribution in [1.82, 2.24) is 20.2 Å². The predicted molar refractivity (Wildman–Crippen MR) is 142 cm³/mol. The lowest BCUT2D eigenvalue weighted by Gasteiger charge is -2.13. The van der Waals surface area contributed by atoms with E-state index in [2.05, 4.69) is 35.8 Å². The number of benzene rings is 2. The molecule has 0 saturated carbocycles. The molecule has 0 aliphatic rings. The van der Waals surface area contributed by atoms with Gasteiger partial charge in [0.05, 0.1) is 32.7 Å². The van der Waals surface area contributed by atoms with Crippen LogP contribution >= 0.6 is 22.9 Å². The van der Waals surface area contributed by atoms with Crippen molar-refractivity contribution in [2.24, 2.45) is 10.7 Å². The molecule has 0 unspecified atom stereocenters. The van der Waals surface area contributed by atoms with Gasteiger partial charge < -0.3 is 16.4 Å². The van der Waals surface area contributed by atoms with E-state index in [1.54, 1.807) is 12.3 Å². The van der Waals surface area contributed by atoms with Gasteiger partial charge in [0.1, 0.15) is 0 Å². The van der Waals surface area contributed by atoms with Crippen molar-refractivity contribution in [2.75, 3.05) is 10.6 Å². The summed E-state index contributed by atoms with van der Waals surface area (Å²) in [5, 5.41) is 17.3. The minimum absolute atomic E-state index is 0.168. The molecule has 0 saturated heterocycles. The molecule has 0 aliphatic carbocycles. The van der Waals surface area contributed by atoms with Crippen molar-refractivity contribution in [3.63, 3.8) is 0 Å². The molecule has 3 aromatic heterocycles. The van der Waals surface area contributed by atoms with E-state index in [0.717, 1.165) is 27.5 Å². The molecule has 8 nitrogen and oxygen atoms in total. The first-order valence-corrected chi connectivity index (χ1v) is 11.8. The van der Waals surface area contributed by atoms with Gasteiger partial charge in [0.2, 0.25) is 5.95 Å². The minimum atomic E-state index is 0.168. The molecule has 0 amide bonds. The average molecular weight is 499 g/mol. The Bertz CT molecular complexity index is 1470. The van der Waals surface area contributed by atoms with E-state index in [1.807, 2.05) is 78.2 Å². The number of nitrogens with two attached hydrogens (primary N) is 1. The van der Waals surface area contributed by atoms with Gasteiger partial charge >= 0.3 is 0 Å². The third-order valence-corrected chi connectivity index (χ3v) is 6.26. The lowest BCUT2D eigenvalue weighted by Crippen LogP contribution is -2.22. The van der Waals surface area contributed by atoms with E-state index in [0.29, 0.717) is 22.5 Å². The highest BCUT2D eigenvalue weighted by atomic mass is 35.5. The molecular weight excluding hydrogens is 480 g/mol. The van der Waals surface area contributed by atoms with Crippen molar-refractivity contribution in [2.45, 2.75) is 0 Å². The average Bonchev–Trinajstić information content (AvgIpc) is 3.32. The molecule has 35 heavy (non-hydrogen) atoms. The SMILES string of the molecule is NC(=Nc1ccc(-c2ccccc2)nn1)Nc1ccccc1Nc1nccc(-c2sccc2Cl)n1. The highest BCUT2D eigenvalue weighted by Crippen LogP contribution is 2.32. The van der Waals surface area contributed by atoms with Crippen molar-refractivity contribution in [3.8, 4) is 21.8 Å². The number of aliphatic imine (C=N–C) groups is 1. The first-order chi connectivity index (χ1) is 17.2. The lowest BCUT2D eigenvalue weighted by atomic mass is 10.1. The molecule has 3 heterocycles. The first kappa shape index (κ1) is 22.5. The Hall–Kier alpha value is -4.34. The molecule has 5 rings (SSSR count). The van der Waals surface area contributed by atoms with E-state index < -0.39 is 0 Å². The second kappa shape index (κ2) is 10.3. The van der Waals surface area contributed by atoms with Crippen molar-refractivity contribution >= 4 is 52.0 Å². The smallest absolute Gasteiger partial charge is 0.227 e. The van der Waals surface area contributed by atoms with Crippen LogP contribution in [0, 0.1) is 0 Å². The molecule has 10 heteroatoms. The molecular formula is C25H19ClN8S. The Balaban J connectivity index is 1.32. The Morgan fingerprint density at radius 3 is 2.40 bits per heavy atom. The van der Waals surface area contributed by atoms with E-state index in [1.165, 1.54) is 11.3 Å². The minimum Gasteiger partial charge on any atom is -0.369 e. The zero-order valence-corrected chi connectivity index (χ0v) is 19.8. The maximum atomic E-state index is 6.26. The fraction of sp³-hybridized carbons (Fsp3) is 0. The quantitative estimate of drug-likeness (QED) is 0.191. The van der Waals surface area contributed by atoms with Gasteiger partial charge in [-0.15, -0.1) is 21.5 Å². The van der Waals surface area contributed by atoms with Crippen LogP contribution in [-0.2, 0) is 0 Å². The zero-order valence-electron chi connectivity index (χ0n) is 18.3. The largest absolute Gasteiger partial charge is 0.369 e. The van der Waals surface area contributed by atoms with E-state index >= 15 is 0 Å². The molecule has 0 bridgehead atoms. The highest BCUT2D eigenvalue weighted by Gasteiger charge is 2.10. The third kappa shape index (κ3) is 5.43. The molecule has 4 N–H and O–H groups in total. The molecule has 2 aromatic carbocycles. The summed E-state index contributed by atoms with van der Waals surface area (Å²) in [6, 6.07) is 24.6. The van der Waals surface area contributed by atoms with Gasteiger partial charge in [-0.25, -0.2) is 9.97 Å². The maximum absolute atomic E-state index is 6.26. The Morgan fingerprint density at radius 2 is 1.66 bits per heavy atom. The number of thiophene rings is 1. The second-order valence-corrected chi connectivity index (χ2v) is 8.62. The summed E-state index contributed by atoms with van der Waals surface area (Å²) in [5.41, 5.74) is 10.1. The number of rotatable bonds is 6. The van der Waals surface area contributed by atoms with Crippen LogP contribution in [0.1, 0.15) is 0 Å². The summed E-state index contributed by atoms with van der Waals surface area (Å²) < 4.78 is 0. The second-order valence-electron chi connectivity index (χ2n) is 7.30. The van der Waals surface area contributed by atoms with Crippen LogP contribution in [0.4, 0.5) is 23.1 Å². The lowest BCUT2D eigenvalue weighted by molar-refractivity contribution is 1.03. The number of nitrogens with zero attached hydrogens (tertiary/aromatic N) is 5. The van der Waals surface area contributed by atoms with Gasteiger partial charge in [-0.2, -0.15) is 4.99 Å². The van der Waals surface area contributed by atoms with Gasteiger partial charge in [0, 0.05) is 11.8 Å². The van der Waals surface area contributed by atoms with Crippen LogP contribution in [0.5, 0.6) is 0 Å². The molecule has 0 spiro atoms. The number of hydrogen-bond acceptors (Lipinski definition) is 7. The molecule has 0 atom stereocenters. The zero-order chi connectivity index (χ0) is 24.0. The summed E-state index contributed by atoms with van der Waals surface area (Å²) in [7, 11) is 0. The summed E-state index contributed by atoms with van der Waals surface area (Å²) in [6.07, 6.45) is 1.68. The maximum Gasteiger partial charge on any atom is 0.227 e. The van der Waals surface area contributed by atoms with Crippen LogP contribution in [0.3, 0.4) is 0 Å². The van der Waals surface area contributed by atoms with Crippen LogP contribution in [0.15, 0.2) is 95.4 Å². The number of hydrogen-bond donors (Lipinski definition) is 3. The monoisotopic (exact) mass is 498 g/mol. The Morgan fingerprint density at radius 1 is 0.857 bits per heavy atom. The van der Waals surface area contributed by atoms with Gasteiger partial charge in [0.15, 0.2) is 11.8 Å². The summed E-state index contributed by atoms with van der Waals surface area (Å²) in [5.74, 6) is 0.990. The fourth-order valence-corrected chi connectivity index (χ4v) is 4.40. The van der Waals surface area contributed by atoms with Gasteiger partial charge in [-0.1, -0.05) is 54.1 Å². The van der Waals surface area contributed by atoms with E-state index in [-0.39, 0.29) is 5.96 Å². The Kier molecular flexibility index (Phi) is 6.60. The number of halogens is 1. The number of para-hydroxylation sites is 2. The molecule has 0 fully saturated rings. The predicted octanol–water partition coefficient (Wildman–Crippen LogP) is 6.12. The molecule has 0 aliphatic heterocycles. The standard InChI is InChI=1S/C25H19ClN8S/c26-17-13-15-35-23(17)21-12-14-28-25(31-21)30-20-9-5-4-8-19(20)29-24(27)32-22-11-10-18(33-34-22)16-6-2-1-3-7-16/h1-15H,(H,28,30,31)(H3,27,29,32,34). The van der Waals surface area contributed by atoms with Crippen LogP contribution < -0.4 is 16.4 Å². The van der Waals surface area contributed by atoms with Crippen LogP contribution in [0.25, 0.3) is 21.8 Å². The van der Waals surface area contributed by atoms with Crippen LogP contribution in [-0.4, -0.2) is 26.1 Å². The van der Waals surface area contributed by atoms with Crippen molar-refractivity contribution in [1.29, 1.82) is 0 Å². The summed E-state index contributed by atoms with van der Waals surface area (Å²) in [6.45, 7) is 0. The first-order valence-electron chi connectivity index (χ1n) is 10.6. The number of guanidine groups is 1. The fourth-order valence-electron chi connectivity index (χ4n) is 3.28. The van der Waals surface area contributed by atoms with E-state index in [9.17, 15) is 0 Å². The normalized spacial score (nSPS) is 11.3. The van der Waals surface area contributed by atoms with Gasteiger partial charge in [-0.05, 0) is 41.8 Å². The summed E-state index contributed by atoms with van der Waals surface area (Å²) in [4.78, 5) is 14.1. The van der Waals surface area contributed by atoms with Crippen LogP contribution in [0.2, 0.25) is 5.02 Å². The number of nitrogens with one attached hydrogen (secondary N) is 2. The van der Waals surface area contributed by atoms with Crippen molar-refractivity contribution < 1.29 is 0 Å². The number of anilines is 3. The molecule has 5 aromatic rings. The summed E-state index contributed by atoms with van der Waals surface area (Å²) >= 11 is 7.78. The van der Waals surface area contributed by atoms with Crippen molar-refractivity contribution in [3.05, 3.63) is 95.5 Å². The van der Waals surface area contributed by atoms with Gasteiger partial charge in [-0.3, -0.25) is 0 Å². The Labute approximate surface area is 210 Å². The highest BCUT2D eigenvalue weighted by molar-refractivity contribution is 7.14.